The lowest BCUT2D eigenvalue weighted by Gasteiger charge is -1.96. The first kappa shape index (κ1) is 6.69. The molecule has 1 rings (SSSR count). The van der Waals surface area contributed by atoms with Crippen molar-refractivity contribution in [3.05, 3.63) is 22.5 Å². The number of aromatic amines is 1. The van der Waals surface area contributed by atoms with Gasteiger partial charge in [0.25, 0.3) is 0 Å². The first-order valence-electron chi connectivity index (χ1n) is 2.39. The van der Waals surface area contributed by atoms with Gasteiger partial charge < -0.3 is 0 Å². The molecule has 1 aromatic rings. The predicted octanol–water partition coefficient (Wildman–Crippen LogP) is -0.290. The summed E-state index contributed by atoms with van der Waals surface area (Å²) in [6.45, 7) is 0. The monoisotopic (exact) mass is 145 g/mol. The minimum Gasteiger partial charge on any atom is -0.290 e. The number of halogens is 1. The second-order valence-corrected chi connectivity index (χ2v) is 1.52. The predicted molar refractivity (Wildman–Crippen MR) is 30.2 cm³/mol. The van der Waals surface area contributed by atoms with Crippen molar-refractivity contribution in [2.45, 2.75) is 0 Å². The Hall–Kier alpha value is -1.43. The first-order chi connectivity index (χ1) is 4.74. The lowest BCUT2D eigenvalue weighted by Crippen LogP contribution is -2.13. The van der Waals surface area contributed by atoms with Crippen LogP contribution in [-0.2, 0) is 0 Å². The Labute approximate surface area is 54.5 Å². The van der Waals surface area contributed by atoms with E-state index in [1.54, 1.807) is 0 Å². The maximum Gasteiger partial charge on any atom is 0.346 e. The van der Waals surface area contributed by atoms with Gasteiger partial charge in [0.2, 0.25) is 0 Å². The molecule has 0 unspecified atom stereocenters. The van der Waals surface area contributed by atoms with Gasteiger partial charge in [-0.15, -0.1) is 0 Å². The van der Waals surface area contributed by atoms with Crippen molar-refractivity contribution in [2.24, 2.45) is 0 Å². The van der Waals surface area contributed by atoms with Gasteiger partial charge in [-0.2, -0.15) is 4.98 Å². The Morgan fingerprint density at radius 1 is 1.80 bits per heavy atom. The molecule has 0 bridgehead atoms. The van der Waals surface area contributed by atoms with Crippen molar-refractivity contribution in [2.75, 3.05) is 5.48 Å². The van der Waals surface area contributed by atoms with Gasteiger partial charge in [0.1, 0.15) is 0 Å². The van der Waals surface area contributed by atoms with Crippen LogP contribution >= 0.6 is 0 Å². The summed E-state index contributed by atoms with van der Waals surface area (Å²) in [6, 6.07) is 0. The van der Waals surface area contributed by atoms with E-state index in [-0.39, 0.29) is 5.82 Å². The average Bonchev–Trinajstić information content (AvgIpc) is 1.94. The molecule has 1 aromatic heterocycles. The number of nitrogens with zero attached hydrogens (tertiary/aromatic N) is 1. The fourth-order valence-corrected chi connectivity index (χ4v) is 0.460. The molecule has 5 nitrogen and oxygen atoms in total. The van der Waals surface area contributed by atoms with Crippen molar-refractivity contribution in [1.82, 2.24) is 9.97 Å². The third-order valence-corrected chi connectivity index (χ3v) is 0.878. The Balaban J connectivity index is 3.22. The second kappa shape index (κ2) is 2.44. The van der Waals surface area contributed by atoms with Crippen LogP contribution in [0.3, 0.4) is 0 Å². The Kier molecular flexibility index (Phi) is 1.63. The third kappa shape index (κ3) is 1.11. The van der Waals surface area contributed by atoms with Gasteiger partial charge >= 0.3 is 5.69 Å². The van der Waals surface area contributed by atoms with Gasteiger partial charge in [-0.25, -0.2) is 9.18 Å². The Bertz CT molecular complexity index is 284. The van der Waals surface area contributed by atoms with Crippen molar-refractivity contribution in [3.63, 3.8) is 0 Å². The molecule has 0 amide bonds. The molecule has 0 atom stereocenters. The summed E-state index contributed by atoms with van der Waals surface area (Å²) in [5, 5.41) is 8.15. The SMILES string of the molecule is O=c1ncc(F)c(NO)[nH]1. The van der Waals surface area contributed by atoms with Gasteiger partial charge in [-0.05, 0) is 0 Å². The minimum atomic E-state index is -0.817. The maximum absolute atomic E-state index is 12.3. The van der Waals surface area contributed by atoms with E-state index in [2.05, 4.69) is 4.98 Å². The molecule has 0 saturated heterocycles. The number of aromatic nitrogens is 2. The van der Waals surface area contributed by atoms with Crippen LogP contribution < -0.4 is 11.2 Å². The van der Waals surface area contributed by atoms with E-state index in [9.17, 15) is 9.18 Å². The molecule has 0 radical (unpaired) electrons. The summed E-state index contributed by atoms with van der Waals surface area (Å²) >= 11 is 0. The summed E-state index contributed by atoms with van der Waals surface area (Å²) in [5.74, 6) is -1.21. The summed E-state index contributed by atoms with van der Waals surface area (Å²) in [5.41, 5.74) is 0.741. The Morgan fingerprint density at radius 2 is 2.50 bits per heavy atom. The van der Waals surface area contributed by atoms with Crippen LogP contribution in [-0.4, -0.2) is 15.2 Å². The highest BCUT2D eigenvalue weighted by Gasteiger charge is 1.99. The smallest absolute Gasteiger partial charge is 0.290 e. The highest BCUT2D eigenvalue weighted by atomic mass is 19.1. The van der Waals surface area contributed by atoms with E-state index in [1.165, 1.54) is 5.48 Å². The number of anilines is 1. The van der Waals surface area contributed by atoms with Gasteiger partial charge in [0.15, 0.2) is 11.6 Å². The second-order valence-electron chi connectivity index (χ2n) is 1.52. The Morgan fingerprint density at radius 3 is 3.00 bits per heavy atom. The van der Waals surface area contributed by atoms with Crippen LogP contribution in [0.15, 0.2) is 11.0 Å². The van der Waals surface area contributed by atoms with Crippen LogP contribution in [0.1, 0.15) is 0 Å². The van der Waals surface area contributed by atoms with E-state index in [4.69, 9.17) is 5.21 Å². The molecule has 0 aromatic carbocycles. The molecule has 1 heterocycles. The van der Waals surface area contributed by atoms with Crippen LogP contribution in [0.25, 0.3) is 0 Å². The van der Waals surface area contributed by atoms with Crippen LogP contribution in [0, 0.1) is 5.82 Å². The van der Waals surface area contributed by atoms with Crippen molar-refractivity contribution < 1.29 is 9.60 Å². The normalized spacial score (nSPS) is 9.40. The molecule has 0 spiro atoms. The topological polar surface area (TPSA) is 78.0 Å². The number of H-pyrrole nitrogens is 1. The van der Waals surface area contributed by atoms with Crippen molar-refractivity contribution in [1.29, 1.82) is 0 Å². The average molecular weight is 145 g/mol. The molecule has 0 aliphatic carbocycles. The fourth-order valence-electron chi connectivity index (χ4n) is 0.460. The quantitative estimate of drug-likeness (QED) is 0.474. The highest BCUT2D eigenvalue weighted by molar-refractivity contribution is 5.29. The third-order valence-electron chi connectivity index (χ3n) is 0.878. The molecule has 0 fully saturated rings. The van der Waals surface area contributed by atoms with Gasteiger partial charge in [-0.3, -0.25) is 15.7 Å². The van der Waals surface area contributed by atoms with Crippen molar-refractivity contribution in [3.8, 4) is 0 Å². The minimum absolute atomic E-state index is 0.389. The number of hydrogen-bond acceptors (Lipinski definition) is 4. The molecule has 0 aliphatic rings. The van der Waals surface area contributed by atoms with Crippen LogP contribution in [0.2, 0.25) is 0 Å². The van der Waals surface area contributed by atoms with E-state index >= 15 is 0 Å². The summed E-state index contributed by atoms with van der Waals surface area (Å²) < 4.78 is 12.3. The molecule has 0 aliphatic heterocycles. The van der Waals surface area contributed by atoms with E-state index in [0.29, 0.717) is 6.20 Å². The summed E-state index contributed by atoms with van der Waals surface area (Å²) in [7, 11) is 0. The highest BCUT2D eigenvalue weighted by Crippen LogP contribution is 2.01. The lowest BCUT2D eigenvalue weighted by atomic mass is 10.6. The van der Waals surface area contributed by atoms with E-state index < -0.39 is 11.5 Å². The first-order valence-corrected chi connectivity index (χ1v) is 2.39. The van der Waals surface area contributed by atoms with Crippen LogP contribution in [0.5, 0.6) is 0 Å². The maximum atomic E-state index is 12.3. The zero-order chi connectivity index (χ0) is 7.56. The largest absolute Gasteiger partial charge is 0.346 e. The number of hydrogen-bond donors (Lipinski definition) is 3. The fraction of sp³-hybridized carbons (Fsp3) is 0. The number of nitrogens with one attached hydrogen (secondary N) is 2. The molecular weight excluding hydrogens is 141 g/mol. The van der Waals surface area contributed by atoms with Crippen LogP contribution in [0.4, 0.5) is 10.2 Å². The summed E-state index contributed by atoms with van der Waals surface area (Å²) in [4.78, 5) is 15.3. The van der Waals surface area contributed by atoms with E-state index in [1.807, 2.05) is 4.98 Å². The number of rotatable bonds is 1. The molecule has 10 heavy (non-hydrogen) atoms. The summed E-state index contributed by atoms with van der Waals surface area (Å²) in [6.07, 6.45) is 0.706. The van der Waals surface area contributed by atoms with E-state index in [0.717, 1.165) is 0 Å². The molecule has 6 heteroatoms. The van der Waals surface area contributed by atoms with Gasteiger partial charge in [0.05, 0.1) is 6.20 Å². The molecule has 3 N–H and O–H groups in total. The van der Waals surface area contributed by atoms with Gasteiger partial charge in [-0.1, -0.05) is 0 Å². The zero-order valence-electron chi connectivity index (χ0n) is 4.76. The lowest BCUT2D eigenvalue weighted by molar-refractivity contribution is 0.379. The zero-order valence-corrected chi connectivity index (χ0v) is 4.76. The van der Waals surface area contributed by atoms with Gasteiger partial charge in [0, 0.05) is 0 Å². The molecular formula is C4H4FN3O2. The molecule has 0 saturated carbocycles. The molecule has 54 valence electrons. The standard InChI is InChI=1S/C4H4FN3O2/c5-2-1-6-4(9)7-3(2)8-10/h1,10H,(H2,6,7,8,9). The van der Waals surface area contributed by atoms with Crippen molar-refractivity contribution >= 4 is 5.82 Å².